The number of aromatic nitrogens is 3. The van der Waals surface area contributed by atoms with Gasteiger partial charge in [-0.3, -0.25) is 4.79 Å². The number of alkyl halides is 1. The summed E-state index contributed by atoms with van der Waals surface area (Å²) in [7, 11) is 1.76. The van der Waals surface area contributed by atoms with E-state index in [1.807, 2.05) is 36.9 Å². The minimum absolute atomic E-state index is 0.101. The molecule has 0 spiro atoms. The van der Waals surface area contributed by atoms with Gasteiger partial charge in [0.15, 0.2) is 5.82 Å². The number of anilines is 4. The number of piperidine rings is 1. The van der Waals surface area contributed by atoms with Crippen molar-refractivity contribution in [2.45, 2.75) is 45.3 Å². The van der Waals surface area contributed by atoms with E-state index in [0.29, 0.717) is 54.2 Å². The molecule has 4 heterocycles. The maximum Gasteiger partial charge on any atom is 0.295 e. The van der Waals surface area contributed by atoms with Gasteiger partial charge in [-0.2, -0.15) is 4.98 Å². The molecule has 10 heteroatoms. The number of fused-ring (bicyclic) bond motifs is 3. The Morgan fingerprint density at radius 1 is 1.19 bits per heavy atom. The second-order valence-corrected chi connectivity index (χ2v) is 11.2. The van der Waals surface area contributed by atoms with Crippen LogP contribution in [0.5, 0.6) is 5.75 Å². The van der Waals surface area contributed by atoms with Crippen LogP contribution in [0.2, 0.25) is 5.02 Å². The molecule has 6 rings (SSSR count). The van der Waals surface area contributed by atoms with Crippen LogP contribution in [0.1, 0.15) is 33.1 Å². The molecule has 1 unspecified atom stereocenters. The maximum absolute atomic E-state index is 14.4. The molecule has 0 amide bonds. The second kappa shape index (κ2) is 9.35. The van der Waals surface area contributed by atoms with Crippen molar-refractivity contribution in [1.29, 1.82) is 0 Å². The first-order valence-corrected chi connectivity index (χ1v) is 13.4. The first-order valence-electron chi connectivity index (χ1n) is 13.0. The molecule has 3 aliphatic rings. The summed E-state index contributed by atoms with van der Waals surface area (Å²) in [5, 5.41) is 8.27. The normalized spacial score (nSPS) is 25.7. The Hall–Kier alpha value is -3.07. The molecule has 1 aromatic carbocycles. The zero-order valence-electron chi connectivity index (χ0n) is 21.3. The molecule has 2 aliphatic heterocycles. The van der Waals surface area contributed by atoms with Crippen LogP contribution in [0, 0.1) is 17.8 Å². The maximum atomic E-state index is 14.4. The lowest BCUT2D eigenvalue weighted by Crippen LogP contribution is -2.46. The van der Waals surface area contributed by atoms with Crippen molar-refractivity contribution >= 4 is 45.6 Å². The van der Waals surface area contributed by atoms with Crippen molar-refractivity contribution in [2.24, 2.45) is 24.8 Å². The topological polar surface area (TPSA) is 84.3 Å². The lowest BCUT2D eigenvalue weighted by atomic mass is 9.90. The quantitative estimate of drug-likeness (QED) is 0.487. The summed E-state index contributed by atoms with van der Waals surface area (Å²) < 4.78 is 22.0. The number of benzene rings is 1. The molecule has 37 heavy (non-hydrogen) atoms. The van der Waals surface area contributed by atoms with Gasteiger partial charge in [-0.15, -0.1) is 0 Å². The van der Waals surface area contributed by atoms with Gasteiger partial charge in [-0.05, 0) is 37.0 Å². The van der Waals surface area contributed by atoms with E-state index in [4.69, 9.17) is 21.3 Å². The van der Waals surface area contributed by atoms with Gasteiger partial charge in [0.25, 0.3) is 5.56 Å². The van der Waals surface area contributed by atoms with Gasteiger partial charge >= 0.3 is 0 Å². The Kier molecular flexibility index (Phi) is 6.13. The van der Waals surface area contributed by atoms with Crippen LogP contribution < -0.4 is 25.8 Å². The van der Waals surface area contributed by atoms with Crippen molar-refractivity contribution in [1.82, 2.24) is 14.5 Å². The monoisotopic (exact) mass is 526 g/mol. The molecule has 2 N–H and O–H groups in total. The van der Waals surface area contributed by atoms with Crippen molar-refractivity contribution in [2.75, 3.05) is 35.2 Å². The Balaban J connectivity index is 1.35. The number of aryl methyl sites for hydroxylation is 1. The molecule has 0 radical (unpaired) electrons. The Morgan fingerprint density at radius 3 is 2.68 bits per heavy atom. The summed E-state index contributed by atoms with van der Waals surface area (Å²) >= 11 is 6.48. The molecule has 196 valence electrons. The summed E-state index contributed by atoms with van der Waals surface area (Å²) in [6.45, 7) is 5.46. The van der Waals surface area contributed by atoms with Crippen LogP contribution in [0.25, 0.3) is 10.9 Å². The molecule has 1 saturated carbocycles. The van der Waals surface area contributed by atoms with Crippen molar-refractivity contribution in [3.8, 4) is 5.75 Å². The van der Waals surface area contributed by atoms with Gasteiger partial charge in [0.1, 0.15) is 11.2 Å². The zero-order valence-corrected chi connectivity index (χ0v) is 22.1. The lowest BCUT2D eigenvalue weighted by Gasteiger charge is -2.37. The number of hydrogen-bond acceptors (Lipinski definition) is 7. The first kappa shape index (κ1) is 24.3. The Labute approximate surface area is 220 Å². The minimum atomic E-state index is -0.832. The van der Waals surface area contributed by atoms with E-state index >= 15 is 0 Å². The third kappa shape index (κ3) is 4.47. The summed E-state index contributed by atoms with van der Waals surface area (Å²) in [6.07, 6.45) is 4.03. The minimum Gasteiger partial charge on any atom is -0.486 e. The highest BCUT2D eigenvalue weighted by Gasteiger charge is 2.35. The summed E-state index contributed by atoms with van der Waals surface area (Å²) in [6, 6.07) is 6.12. The second-order valence-electron chi connectivity index (χ2n) is 10.8. The third-order valence-electron chi connectivity index (χ3n) is 7.93. The fraction of sp³-hybridized carbons (Fsp3) is 0.519. The standard InChI is InChI=1S/C27H32ClFN6O2/c1-14-12-35(13-15(2)22(14)29)27-30-11-19(28)25(33-27)31-17-6-7-21-18(10-17)23-24(26(36)34(21)3)37-9-8-20(32-23)16-4-5-16/h6-7,10-11,14-16,20,22,32H,4-5,8-9,12-13H2,1-3H3,(H,30,31,33)/t14-,15+,20-,22?/m1/s1. The Morgan fingerprint density at radius 2 is 1.95 bits per heavy atom. The van der Waals surface area contributed by atoms with E-state index in [9.17, 15) is 9.18 Å². The number of halogens is 2. The van der Waals surface area contributed by atoms with E-state index in [2.05, 4.69) is 15.6 Å². The van der Waals surface area contributed by atoms with Crippen molar-refractivity contribution in [3.63, 3.8) is 0 Å². The number of hydrogen-bond donors (Lipinski definition) is 2. The van der Waals surface area contributed by atoms with Crippen molar-refractivity contribution < 1.29 is 9.13 Å². The molecule has 1 saturated heterocycles. The van der Waals surface area contributed by atoms with Crippen LogP contribution in [-0.2, 0) is 7.05 Å². The molecule has 3 aromatic rings. The molecular weight excluding hydrogens is 495 g/mol. The molecule has 1 aliphatic carbocycles. The predicted molar refractivity (Wildman–Crippen MR) is 145 cm³/mol. The summed E-state index contributed by atoms with van der Waals surface area (Å²) in [4.78, 5) is 24.2. The van der Waals surface area contributed by atoms with Crippen LogP contribution in [0.15, 0.2) is 29.2 Å². The predicted octanol–water partition coefficient (Wildman–Crippen LogP) is 5.13. The summed E-state index contributed by atoms with van der Waals surface area (Å²) in [5.74, 6) is 1.80. The van der Waals surface area contributed by atoms with E-state index in [1.165, 1.54) is 12.8 Å². The SMILES string of the molecule is C[C@@H]1CN(c2ncc(Cl)c(Nc3ccc4c(c3)c3c(c(=O)n4C)OCC[C@H](C4CC4)N3)n2)C[C@H](C)C1F. The lowest BCUT2D eigenvalue weighted by molar-refractivity contribution is 0.147. The zero-order chi connectivity index (χ0) is 25.8. The fourth-order valence-corrected chi connectivity index (χ4v) is 5.84. The van der Waals surface area contributed by atoms with Gasteiger partial charge < -0.3 is 24.8 Å². The first-order chi connectivity index (χ1) is 17.8. The van der Waals surface area contributed by atoms with Gasteiger partial charge in [0.2, 0.25) is 11.7 Å². The van der Waals surface area contributed by atoms with E-state index in [0.717, 1.165) is 28.7 Å². The molecule has 0 bridgehead atoms. The smallest absolute Gasteiger partial charge is 0.295 e. The molecule has 8 nitrogen and oxygen atoms in total. The highest BCUT2D eigenvalue weighted by Crippen LogP contribution is 2.41. The number of rotatable bonds is 4. The largest absolute Gasteiger partial charge is 0.486 e. The summed E-state index contributed by atoms with van der Waals surface area (Å²) in [5.41, 5.74) is 2.20. The number of nitrogens with one attached hydrogen (secondary N) is 2. The molecule has 4 atom stereocenters. The fourth-order valence-electron chi connectivity index (χ4n) is 5.70. The number of pyridine rings is 1. The highest BCUT2D eigenvalue weighted by atomic mass is 35.5. The Bertz CT molecular complexity index is 1400. The third-order valence-corrected chi connectivity index (χ3v) is 8.21. The van der Waals surface area contributed by atoms with Gasteiger partial charge in [0.05, 0.1) is 24.0 Å². The highest BCUT2D eigenvalue weighted by molar-refractivity contribution is 6.32. The number of ether oxygens (including phenoxy) is 1. The van der Waals surface area contributed by atoms with Crippen LogP contribution >= 0.6 is 11.6 Å². The van der Waals surface area contributed by atoms with E-state index in [1.54, 1.807) is 17.8 Å². The van der Waals surface area contributed by atoms with E-state index < -0.39 is 6.17 Å². The average molecular weight is 527 g/mol. The van der Waals surface area contributed by atoms with Crippen molar-refractivity contribution in [3.05, 3.63) is 39.8 Å². The molecule has 2 fully saturated rings. The van der Waals surface area contributed by atoms with Gasteiger partial charge in [-0.1, -0.05) is 25.4 Å². The van der Waals surface area contributed by atoms with E-state index in [-0.39, 0.29) is 17.4 Å². The molecular formula is C27H32ClFN6O2. The van der Waals surface area contributed by atoms with Crippen LogP contribution in [0.4, 0.5) is 27.5 Å². The number of nitrogens with zero attached hydrogens (tertiary/aromatic N) is 4. The van der Waals surface area contributed by atoms with Crippen LogP contribution in [-0.4, -0.2) is 46.4 Å². The van der Waals surface area contributed by atoms with Gasteiger partial charge in [-0.25, -0.2) is 9.37 Å². The molecule has 2 aromatic heterocycles. The average Bonchev–Trinajstić information content (AvgIpc) is 3.73. The van der Waals surface area contributed by atoms with Crippen LogP contribution in [0.3, 0.4) is 0 Å². The van der Waals surface area contributed by atoms with Gasteiger partial charge in [0, 0.05) is 55.5 Å².